The van der Waals surface area contributed by atoms with Crippen molar-refractivity contribution in [3.63, 3.8) is 0 Å². The molecule has 4 rings (SSSR count). The number of morpholine rings is 1. The maximum absolute atomic E-state index is 5.86. The molecule has 1 aliphatic heterocycles. The second-order valence-corrected chi connectivity index (χ2v) is 5.45. The molecule has 1 saturated heterocycles. The van der Waals surface area contributed by atoms with Gasteiger partial charge in [0.1, 0.15) is 12.4 Å². The van der Waals surface area contributed by atoms with Gasteiger partial charge in [0.15, 0.2) is 5.82 Å². The van der Waals surface area contributed by atoms with E-state index in [9.17, 15) is 0 Å². The van der Waals surface area contributed by atoms with Gasteiger partial charge in [-0.15, -0.1) is 10.2 Å². The van der Waals surface area contributed by atoms with Gasteiger partial charge in [-0.25, -0.2) is 4.98 Å². The largest absolute Gasteiger partial charge is 0.370 e. The summed E-state index contributed by atoms with van der Waals surface area (Å²) in [5.41, 5.74) is 2.02. The third-order valence-corrected chi connectivity index (χ3v) is 4.18. The van der Waals surface area contributed by atoms with E-state index in [1.807, 2.05) is 10.6 Å². The van der Waals surface area contributed by atoms with Gasteiger partial charge in [-0.2, -0.15) is 11.3 Å². The maximum Gasteiger partial charge on any atom is 0.203 e. The highest BCUT2D eigenvalue weighted by Gasteiger charge is 2.25. The van der Waals surface area contributed by atoms with Crippen LogP contribution in [-0.4, -0.2) is 39.3 Å². The van der Waals surface area contributed by atoms with Gasteiger partial charge in [-0.05, 0) is 22.4 Å². The van der Waals surface area contributed by atoms with Crippen LogP contribution in [0.3, 0.4) is 0 Å². The van der Waals surface area contributed by atoms with Crippen LogP contribution < -0.4 is 4.90 Å². The quantitative estimate of drug-likeness (QED) is 0.719. The Bertz CT molecular complexity index is 710. The molecule has 7 heteroatoms. The van der Waals surface area contributed by atoms with Crippen LogP contribution in [0.15, 0.2) is 35.5 Å². The Morgan fingerprint density at radius 2 is 2.40 bits per heavy atom. The zero-order valence-electron chi connectivity index (χ0n) is 10.7. The normalized spacial score (nSPS) is 19.6. The predicted octanol–water partition coefficient (Wildman–Crippen LogP) is 1.76. The molecule has 0 aliphatic carbocycles. The molecule has 1 atom stereocenters. The first-order valence-corrected chi connectivity index (χ1v) is 7.39. The molecule has 0 N–H and O–H groups in total. The van der Waals surface area contributed by atoms with E-state index in [1.54, 1.807) is 23.9 Å². The summed E-state index contributed by atoms with van der Waals surface area (Å²) >= 11 is 1.69. The van der Waals surface area contributed by atoms with Gasteiger partial charge >= 0.3 is 0 Å². The molecule has 6 nitrogen and oxygen atoms in total. The highest BCUT2D eigenvalue weighted by Crippen LogP contribution is 2.27. The number of rotatable bonds is 2. The predicted molar refractivity (Wildman–Crippen MR) is 76.0 cm³/mol. The van der Waals surface area contributed by atoms with E-state index in [1.165, 1.54) is 5.56 Å². The molecule has 3 aromatic heterocycles. The lowest BCUT2D eigenvalue weighted by Gasteiger charge is -2.33. The van der Waals surface area contributed by atoms with E-state index in [0.717, 1.165) is 24.6 Å². The SMILES string of the molecule is c1cn2cnnc2c(N2CCO[C@@H](c3ccsc3)C2)n1. The van der Waals surface area contributed by atoms with Gasteiger partial charge in [-0.1, -0.05) is 0 Å². The van der Waals surface area contributed by atoms with E-state index in [4.69, 9.17) is 4.74 Å². The van der Waals surface area contributed by atoms with E-state index in [0.29, 0.717) is 6.61 Å². The smallest absolute Gasteiger partial charge is 0.203 e. The lowest BCUT2D eigenvalue weighted by atomic mass is 10.1. The van der Waals surface area contributed by atoms with E-state index in [2.05, 4.69) is 36.9 Å². The lowest BCUT2D eigenvalue weighted by molar-refractivity contribution is 0.0398. The summed E-state index contributed by atoms with van der Waals surface area (Å²) in [6.07, 6.45) is 5.42. The van der Waals surface area contributed by atoms with Gasteiger partial charge in [0.2, 0.25) is 5.65 Å². The minimum atomic E-state index is 0.0972. The topological polar surface area (TPSA) is 55.5 Å². The second-order valence-electron chi connectivity index (χ2n) is 4.67. The zero-order chi connectivity index (χ0) is 13.4. The van der Waals surface area contributed by atoms with E-state index >= 15 is 0 Å². The first kappa shape index (κ1) is 11.8. The van der Waals surface area contributed by atoms with Crippen molar-refractivity contribution in [1.82, 2.24) is 19.6 Å². The van der Waals surface area contributed by atoms with Crippen LogP contribution in [0.1, 0.15) is 11.7 Å². The van der Waals surface area contributed by atoms with Crippen molar-refractivity contribution in [1.29, 1.82) is 0 Å². The molecule has 3 aromatic rings. The second kappa shape index (κ2) is 4.84. The van der Waals surface area contributed by atoms with Gasteiger partial charge in [0.05, 0.1) is 13.2 Å². The van der Waals surface area contributed by atoms with Crippen LogP contribution in [0.5, 0.6) is 0 Å². The number of aromatic nitrogens is 4. The Balaban J connectivity index is 1.66. The lowest BCUT2D eigenvalue weighted by Crippen LogP contribution is -2.39. The molecule has 0 unspecified atom stereocenters. The monoisotopic (exact) mass is 287 g/mol. The molecule has 0 aromatic carbocycles. The maximum atomic E-state index is 5.86. The zero-order valence-corrected chi connectivity index (χ0v) is 11.5. The summed E-state index contributed by atoms with van der Waals surface area (Å²) in [5.74, 6) is 0.869. The van der Waals surface area contributed by atoms with Crippen LogP contribution in [0.4, 0.5) is 5.82 Å². The number of ether oxygens (including phenoxy) is 1. The van der Waals surface area contributed by atoms with Crippen molar-refractivity contribution in [3.05, 3.63) is 41.1 Å². The molecular formula is C13H13N5OS. The standard InChI is InChI=1S/C13H13N5OS/c1-6-20-8-10(1)11-7-17(4-5-19-11)12-13-16-15-9-18(13)3-2-14-12/h1-3,6,8-9,11H,4-5,7H2/t11-/m1/s1. The molecule has 0 amide bonds. The summed E-state index contributed by atoms with van der Waals surface area (Å²) in [6.45, 7) is 2.30. The van der Waals surface area contributed by atoms with Crippen LogP contribution in [-0.2, 0) is 4.74 Å². The molecule has 20 heavy (non-hydrogen) atoms. The average molecular weight is 287 g/mol. The van der Waals surface area contributed by atoms with Crippen molar-refractivity contribution in [2.75, 3.05) is 24.6 Å². The first-order valence-electron chi connectivity index (χ1n) is 6.45. The first-order chi connectivity index (χ1) is 9.92. The number of fused-ring (bicyclic) bond motifs is 1. The molecule has 0 bridgehead atoms. The van der Waals surface area contributed by atoms with Gasteiger partial charge in [0, 0.05) is 18.9 Å². The average Bonchev–Trinajstić information content (AvgIpc) is 3.18. The molecule has 0 radical (unpaired) electrons. The third-order valence-electron chi connectivity index (χ3n) is 3.48. The van der Waals surface area contributed by atoms with E-state index < -0.39 is 0 Å². The van der Waals surface area contributed by atoms with Crippen LogP contribution in [0.2, 0.25) is 0 Å². The fourth-order valence-electron chi connectivity index (χ4n) is 2.47. The fourth-order valence-corrected chi connectivity index (χ4v) is 3.17. The Hall–Kier alpha value is -1.99. The van der Waals surface area contributed by atoms with Crippen LogP contribution in [0.25, 0.3) is 5.65 Å². The van der Waals surface area contributed by atoms with Crippen LogP contribution in [0, 0.1) is 0 Å². The molecule has 0 saturated carbocycles. The Morgan fingerprint density at radius 1 is 1.40 bits per heavy atom. The minimum Gasteiger partial charge on any atom is -0.370 e. The highest BCUT2D eigenvalue weighted by molar-refractivity contribution is 7.07. The van der Waals surface area contributed by atoms with Crippen molar-refractivity contribution in [2.24, 2.45) is 0 Å². The molecule has 1 fully saturated rings. The molecule has 1 aliphatic rings. The van der Waals surface area contributed by atoms with Gasteiger partial charge < -0.3 is 9.64 Å². The third kappa shape index (κ3) is 1.95. The summed E-state index contributed by atoms with van der Waals surface area (Å²) < 4.78 is 7.75. The Morgan fingerprint density at radius 3 is 3.30 bits per heavy atom. The van der Waals surface area contributed by atoms with Gasteiger partial charge in [-0.3, -0.25) is 4.40 Å². The van der Waals surface area contributed by atoms with Crippen molar-refractivity contribution in [3.8, 4) is 0 Å². The number of hydrogen-bond donors (Lipinski definition) is 0. The number of anilines is 1. The number of hydrogen-bond acceptors (Lipinski definition) is 6. The fraction of sp³-hybridized carbons (Fsp3) is 0.308. The van der Waals surface area contributed by atoms with Crippen molar-refractivity contribution in [2.45, 2.75) is 6.10 Å². The summed E-state index contributed by atoms with van der Waals surface area (Å²) in [6, 6.07) is 2.11. The minimum absolute atomic E-state index is 0.0972. The van der Waals surface area contributed by atoms with Crippen molar-refractivity contribution >= 4 is 22.8 Å². The summed E-state index contributed by atoms with van der Waals surface area (Å²) in [5, 5.41) is 12.3. The number of nitrogens with zero attached hydrogens (tertiary/aromatic N) is 5. The summed E-state index contributed by atoms with van der Waals surface area (Å²) in [4.78, 5) is 6.69. The molecule has 4 heterocycles. The Kier molecular flexibility index (Phi) is 2.86. The highest BCUT2D eigenvalue weighted by atomic mass is 32.1. The molecular weight excluding hydrogens is 274 g/mol. The van der Waals surface area contributed by atoms with Crippen molar-refractivity contribution < 1.29 is 4.74 Å². The Labute approximate surface area is 119 Å². The van der Waals surface area contributed by atoms with Crippen LogP contribution >= 0.6 is 11.3 Å². The number of thiophene rings is 1. The van der Waals surface area contributed by atoms with Gasteiger partial charge in [0.25, 0.3) is 0 Å². The summed E-state index contributed by atoms with van der Waals surface area (Å²) in [7, 11) is 0. The molecule has 102 valence electrons. The molecule has 0 spiro atoms. The van der Waals surface area contributed by atoms with E-state index in [-0.39, 0.29) is 6.10 Å².